The number of para-hydroxylation sites is 1. The van der Waals surface area contributed by atoms with Crippen molar-refractivity contribution in [1.82, 2.24) is 24.2 Å². The molecule has 0 aliphatic carbocycles. The number of anilines is 2. The van der Waals surface area contributed by atoms with Gasteiger partial charge in [-0.15, -0.1) is 0 Å². The molecule has 12 heteroatoms. The molecular weight excluding hydrogens is 536 g/mol. The van der Waals surface area contributed by atoms with Gasteiger partial charge < -0.3 is 19.7 Å². The molecule has 0 unspecified atom stereocenters. The zero-order valence-corrected chi connectivity index (χ0v) is 22.8. The van der Waals surface area contributed by atoms with Crippen molar-refractivity contribution in [2.45, 2.75) is 35.6 Å². The second-order valence-corrected chi connectivity index (χ2v) is 10.6. The number of carbonyl (C=O) groups excluding carboxylic acids is 2. The molecule has 1 saturated heterocycles. The summed E-state index contributed by atoms with van der Waals surface area (Å²) in [6, 6.07) is 17.2. The number of amides is 1. The average Bonchev–Trinajstić information content (AvgIpc) is 3.43. The minimum absolute atomic E-state index is 0.139. The Bertz CT molecular complexity index is 1410. The molecule has 39 heavy (non-hydrogen) atoms. The van der Waals surface area contributed by atoms with Crippen LogP contribution in [0.2, 0.25) is 0 Å². The average molecular weight is 563 g/mol. The molecule has 10 nitrogen and oxygen atoms in total. The molecule has 0 saturated carbocycles. The number of hydrogen-bond donors (Lipinski definition) is 1. The molecule has 4 aromatic rings. The molecule has 0 atom stereocenters. The van der Waals surface area contributed by atoms with E-state index in [1.54, 1.807) is 17.3 Å². The van der Waals surface area contributed by atoms with Gasteiger partial charge in [0.2, 0.25) is 5.13 Å². The Kier molecular flexibility index (Phi) is 8.64. The molecule has 200 valence electrons. The van der Waals surface area contributed by atoms with Crippen LogP contribution in [0.4, 0.5) is 10.9 Å². The topological polar surface area (TPSA) is 119 Å². The van der Waals surface area contributed by atoms with Crippen molar-refractivity contribution < 1.29 is 19.1 Å². The summed E-state index contributed by atoms with van der Waals surface area (Å²) in [5, 5.41) is 4.73. The molecule has 0 bridgehead atoms. The highest BCUT2D eigenvalue weighted by Crippen LogP contribution is 2.36. The van der Waals surface area contributed by atoms with E-state index in [9.17, 15) is 9.59 Å². The molecule has 1 aliphatic rings. The lowest BCUT2D eigenvalue weighted by Crippen LogP contribution is -2.40. The first-order valence-electron chi connectivity index (χ1n) is 12.4. The van der Waals surface area contributed by atoms with Crippen LogP contribution >= 0.6 is 23.3 Å². The molecule has 0 radical (unpaired) electrons. The first-order chi connectivity index (χ1) is 19.0. The number of pyridine rings is 2. The predicted octanol–water partition coefficient (Wildman–Crippen LogP) is 5.28. The molecular formula is C27H26N6O4S2. The highest BCUT2D eigenvalue weighted by Gasteiger charge is 2.27. The van der Waals surface area contributed by atoms with Gasteiger partial charge in [0.15, 0.2) is 18.2 Å². The van der Waals surface area contributed by atoms with Crippen molar-refractivity contribution in [2.75, 3.05) is 25.0 Å². The van der Waals surface area contributed by atoms with Gasteiger partial charge in [-0.25, -0.2) is 15.0 Å². The fourth-order valence-electron chi connectivity index (χ4n) is 3.99. The summed E-state index contributed by atoms with van der Waals surface area (Å²) in [4.78, 5) is 39.5. The number of benzene rings is 1. The van der Waals surface area contributed by atoms with E-state index in [1.165, 1.54) is 30.2 Å². The number of piperidine rings is 1. The maximum Gasteiger partial charge on any atom is 0.303 e. The summed E-state index contributed by atoms with van der Waals surface area (Å²) in [6.45, 7) is 2.21. The quantitative estimate of drug-likeness (QED) is 0.270. The number of rotatable bonds is 9. The molecule has 1 aromatic carbocycles. The van der Waals surface area contributed by atoms with Gasteiger partial charge in [0.25, 0.3) is 5.91 Å². The Balaban J connectivity index is 1.27. The number of likely N-dealkylation sites (tertiary alicyclic amines) is 1. The Labute approximate surface area is 234 Å². The zero-order valence-electron chi connectivity index (χ0n) is 21.1. The summed E-state index contributed by atoms with van der Waals surface area (Å²) in [5.74, 6) is 2.01. The van der Waals surface area contributed by atoms with Gasteiger partial charge in [-0.1, -0.05) is 36.0 Å². The second kappa shape index (κ2) is 12.7. The third-order valence-corrected chi connectivity index (χ3v) is 7.49. The van der Waals surface area contributed by atoms with Crippen LogP contribution in [0.25, 0.3) is 0 Å². The molecule has 4 heterocycles. The molecule has 5 rings (SSSR count). The lowest BCUT2D eigenvalue weighted by atomic mass is 9.96. The number of hydrogen-bond acceptors (Lipinski definition) is 11. The maximum absolute atomic E-state index is 12.2. The first-order valence-corrected chi connectivity index (χ1v) is 14.0. The summed E-state index contributed by atoms with van der Waals surface area (Å²) in [6.07, 6.45) is 5.00. The molecule has 3 aromatic heterocycles. The van der Waals surface area contributed by atoms with E-state index in [-0.39, 0.29) is 18.4 Å². The highest BCUT2D eigenvalue weighted by atomic mass is 32.2. The Morgan fingerprint density at radius 3 is 2.64 bits per heavy atom. The number of nitrogens with zero attached hydrogens (tertiary/aromatic N) is 5. The van der Waals surface area contributed by atoms with Gasteiger partial charge in [0.1, 0.15) is 16.6 Å². The Morgan fingerprint density at radius 1 is 1.10 bits per heavy atom. The van der Waals surface area contributed by atoms with Crippen LogP contribution in [-0.2, 0) is 14.3 Å². The highest BCUT2D eigenvalue weighted by molar-refractivity contribution is 7.99. The van der Waals surface area contributed by atoms with E-state index in [1.807, 2.05) is 54.6 Å². The monoisotopic (exact) mass is 562 g/mol. The maximum atomic E-state index is 12.2. The smallest absolute Gasteiger partial charge is 0.303 e. The predicted molar refractivity (Wildman–Crippen MR) is 147 cm³/mol. The minimum Gasteiger partial charge on any atom is -0.456 e. The van der Waals surface area contributed by atoms with E-state index in [4.69, 9.17) is 14.5 Å². The summed E-state index contributed by atoms with van der Waals surface area (Å²) in [5.41, 5.74) is 0. The van der Waals surface area contributed by atoms with Gasteiger partial charge >= 0.3 is 5.97 Å². The van der Waals surface area contributed by atoms with Crippen LogP contribution < -0.4 is 10.1 Å². The molecule has 1 aliphatic heterocycles. The van der Waals surface area contributed by atoms with E-state index in [2.05, 4.69) is 19.7 Å². The van der Waals surface area contributed by atoms with Crippen LogP contribution in [0.5, 0.6) is 11.5 Å². The normalized spacial score (nSPS) is 13.6. The van der Waals surface area contributed by atoms with Crippen molar-refractivity contribution in [2.24, 2.45) is 0 Å². The molecule has 0 spiro atoms. The molecule has 1 amide bonds. The molecule has 1 N–H and O–H groups in total. The standard InChI is InChI=1S/C27H26N6O4S2/c1-18(34)36-17-24(35)33-13-10-19(11-14-33)25-30-27(39-32-25)31-26-22(37-20-7-3-2-4-8-20)15-21(16-29-26)38-23-9-5-6-12-28-23/h2-9,12,15-16,19H,10-11,13-14,17H2,1H3,(H,29,30,31,32). The number of esters is 1. The van der Waals surface area contributed by atoms with Gasteiger partial charge in [0.05, 0.1) is 0 Å². The van der Waals surface area contributed by atoms with Crippen molar-refractivity contribution >= 4 is 46.1 Å². The van der Waals surface area contributed by atoms with Crippen molar-refractivity contribution in [3.63, 3.8) is 0 Å². The van der Waals surface area contributed by atoms with Crippen LogP contribution in [0.3, 0.4) is 0 Å². The van der Waals surface area contributed by atoms with E-state index < -0.39 is 5.97 Å². The van der Waals surface area contributed by atoms with Crippen LogP contribution in [0.15, 0.2) is 76.9 Å². The molecule has 1 fully saturated rings. The summed E-state index contributed by atoms with van der Waals surface area (Å²) in [7, 11) is 0. The lowest BCUT2D eigenvalue weighted by molar-refractivity contribution is -0.150. The van der Waals surface area contributed by atoms with Crippen LogP contribution in [-0.4, -0.2) is 55.8 Å². The lowest BCUT2D eigenvalue weighted by Gasteiger charge is -2.30. The number of carbonyl (C=O) groups is 2. The fourth-order valence-corrected chi connectivity index (χ4v) is 5.41. The fraction of sp³-hybridized carbons (Fsp3) is 0.259. The Morgan fingerprint density at radius 2 is 1.90 bits per heavy atom. The van der Waals surface area contributed by atoms with Gasteiger partial charge in [0, 0.05) is 60.8 Å². The van der Waals surface area contributed by atoms with Crippen molar-refractivity contribution in [1.29, 1.82) is 0 Å². The summed E-state index contributed by atoms with van der Waals surface area (Å²) < 4.78 is 15.6. The van der Waals surface area contributed by atoms with Gasteiger partial charge in [-0.3, -0.25) is 9.59 Å². The Hall–Kier alpha value is -4.03. The van der Waals surface area contributed by atoms with Gasteiger partial charge in [-0.2, -0.15) is 4.37 Å². The number of aromatic nitrogens is 4. The largest absolute Gasteiger partial charge is 0.456 e. The first kappa shape index (κ1) is 26.6. The van der Waals surface area contributed by atoms with Gasteiger partial charge in [-0.05, 0) is 37.1 Å². The third kappa shape index (κ3) is 7.30. The third-order valence-electron chi connectivity index (χ3n) is 5.94. The van der Waals surface area contributed by atoms with Crippen LogP contribution in [0, 0.1) is 0 Å². The minimum atomic E-state index is -0.460. The number of nitrogens with one attached hydrogen (secondary N) is 1. The summed E-state index contributed by atoms with van der Waals surface area (Å²) >= 11 is 2.75. The number of ether oxygens (including phenoxy) is 2. The van der Waals surface area contributed by atoms with Crippen LogP contribution in [0.1, 0.15) is 31.5 Å². The SMILES string of the molecule is CC(=O)OCC(=O)N1CCC(c2nsc(Nc3ncc(Sc4ccccn4)cc3Oc3ccccc3)n2)CC1. The van der Waals surface area contributed by atoms with E-state index in [0.29, 0.717) is 35.5 Å². The van der Waals surface area contributed by atoms with E-state index in [0.717, 1.165) is 28.6 Å². The van der Waals surface area contributed by atoms with Crippen molar-refractivity contribution in [3.8, 4) is 11.5 Å². The zero-order chi connectivity index (χ0) is 27.0. The van der Waals surface area contributed by atoms with Crippen molar-refractivity contribution in [3.05, 3.63) is 72.8 Å². The van der Waals surface area contributed by atoms with E-state index >= 15 is 0 Å². The second-order valence-electron chi connectivity index (χ2n) is 8.72.